The maximum Gasteiger partial charge on any atom is 0.407 e. The highest BCUT2D eigenvalue weighted by atomic mass is 16.6. The molecule has 196 valence electrons. The van der Waals surface area contributed by atoms with E-state index in [0.717, 1.165) is 0 Å². The van der Waals surface area contributed by atoms with E-state index < -0.39 is 17.7 Å². The molecule has 0 radical (unpaired) electrons. The maximum atomic E-state index is 11.4. The van der Waals surface area contributed by atoms with Gasteiger partial charge in [-0.25, -0.2) is 9.59 Å². The van der Waals surface area contributed by atoms with Crippen molar-refractivity contribution in [3.05, 3.63) is 0 Å². The van der Waals surface area contributed by atoms with Crippen LogP contribution in [0.25, 0.3) is 0 Å². The fraction of sp³-hybridized carbons (Fsp3) is 0.905. The molecule has 0 rings (SSSR count). The van der Waals surface area contributed by atoms with E-state index in [1.54, 1.807) is 0 Å². The van der Waals surface area contributed by atoms with Crippen LogP contribution in [-0.4, -0.2) is 122 Å². The number of aliphatic carboxylic acids is 1. The van der Waals surface area contributed by atoms with Gasteiger partial charge in [0.25, 0.3) is 0 Å². The zero-order chi connectivity index (χ0) is 24.6. The molecule has 0 bridgehead atoms. The first-order chi connectivity index (χ1) is 15.8. The van der Waals surface area contributed by atoms with Crippen molar-refractivity contribution in [2.75, 3.05) is 99.0 Å². The van der Waals surface area contributed by atoms with Gasteiger partial charge in [0.2, 0.25) is 0 Å². The Labute approximate surface area is 196 Å². The van der Waals surface area contributed by atoms with E-state index in [-0.39, 0.29) is 13.2 Å². The number of alkyl carbamates (subject to hydrolysis) is 1. The summed E-state index contributed by atoms with van der Waals surface area (Å²) in [6.45, 7) is 10.9. The molecule has 0 spiro atoms. The van der Waals surface area contributed by atoms with Crippen LogP contribution in [0.5, 0.6) is 0 Å². The van der Waals surface area contributed by atoms with Crippen molar-refractivity contribution in [3.63, 3.8) is 0 Å². The van der Waals surface area contributed by atoms with Crippen LogP contribution >= 0.6 is 0 Å². The van der Waals surface area contributed by atoms with Crippen LogP contribution in [0, 0.1) is 0 Å². The van der Waals surface area contributed by atoms with Crippen LogP contribution in [0.2, 0.25) is 0 Å². The molecule has 1 amide bonds. The number of hydrogen-bond acceptors (Lipinski definition) is 10. The second-order valence-corrected chi connectivity index (χ2v) is 7.55. The van der Waals surface area contributed by atoms with Crippen molar-refractivity contribution < 1.29 is 52.6 Å². The number of hydrogen-bond donors (Lipinski definition) is 2. The van der Waals surface area contributed by atoms with Gasteiger partial charge in [0.1, 0.15) is 12.2 Å². The summed E-state index contributed by atoms with van der Waals surface area (Å²) in [5.41, 5.74) is -0.512. The highest BCUT2D eigenvalue weighted by molar-refractivity contribution is 5.68. The van der Waals surface area contributed by atoms with Gasteiger partial charge in [0.05, 0.1) is 85.9 Å². The van der Waals surface area contributed by atoms with Crippen LogP contribution in [0.1, 0.15) is 20.8 Å². The van der Waals surface area contributed by atoms with E-state index in [0.29, 0.717) is 85.8 Å². The lowest BCUT2D eigenvalue weighted by Gasteiger charge is -2.19. The van der Waals surface area contributed by atoms with Gasteiger partial charge in [-0.1, -0.05) is 0 Å². The predicted octanol–water partition coefficient (Wildman–Crippen LogP) is 0.712. The summed E-state index contributed by atoms with van der Waals surface area (Å²) in [6, 6.07) is 0. The summed E-state index contributed by atoms with van der Waals surface area (Å²) in [5, 5.41) is 11.0. The standard InChI is InChI=1S/C21H41NO11/c1-21(2,3)33-20(25)22-4-5-26-6-7-27-8-9-28-10-11-29-12-13-30-14-15-31-16-17-32-18-19(23)24/h4-18H2,1-3H3,(H,22,25)(H,23,24). The van der Waals surface area contributed by atoms with E-state index >= 15 is 0 Å². The second kappa shape index (κ2) is 22.3. The third kappa shape index (κ3) is 28.4. The van der Waals surface area contributed by atoms with E-state index in [2.05, 4.69) is 5.32 Å². The number of nitrogens with one attached hydrogen (secondary N) is 1. The van der Waals surface area contributed by atoms with Gasteiger partial charge < -0.3 is 48.3 Å². The molecular formula is C21H41NO11. The molecule has 0 aromatic carbocycles. The summed E-state index contributed by atoms with van der Waals surface area (Å²) in [6.07, 6.45) is -0.459. The average molecular weight is 484 g/mol. The van der Waals surface area contributed by atoms with Crippen molar-refractivity contribution in [1.82, 2.24) is 5.32 Å². The highest BCUT2D eigenvalue weighted by Crippen LogP contribution is 2.06. The van der Waals surface area contributed by atoms with Crippen molar-refractivity contribution in [2.45, 2.75) is 26.4 Å². The Morgan fingerprint density at radius 2 is 0.939 bits per heavy atom. The Hall–Kier alpha value is -1.54. The van der Waals surface area contributed by atoms with Crippen molar-refractivity contribution >= 4 is 12.1 Å². The summed E-state index contributed by atoms with van der Waals surface area (Å²) in [4.78, 5) is 21.6. The minimum Gasteiger partial charge on any atom is -0.480 e. The number of carbonyl (C=O) groups excluding carboxylic acids is 1. The SMILES string of the molecule is CC(C)(C)OC(=O)NCCOCCOCCOCCOCCOCCOCCOCC(=O)O. The van der Waals surface area contributed by atoms with Crippen LogP contribution in [0.15, 0.2) is 0 Å². The molecule has 0 saturated carbocycles. The van der Waals surface area contributed by atoms with E-state index in [1.165, 1.54) is 0 Å². The van der Waals surface area contributed by atoms with Crippen LogP contribution in [0.3, 0.4) is 0 Å². The van der Waals surface area contributed by atoms with Gasteiger partial charge in [-0.3, -0.25) is 0 Å². The molecule has 0 aliphatic carbocycles. The van der Waals surface area contributed by atoms with E-state index in [1.807, 2.05) is 20.8 Å². The van der Waals surface area contributed by atoms with Crippen molar-refractivity contribution in [3.8, 4) is 0 Å². The van der Waals surface area contributed by atoms with Gasteiger partial charge in [0, 0.05) is 6.54 Å². The van der Waals surface area contributed by atoms with Crippen LogP contribution < -0.4 is 5.32 Å². The molecule has 0 unspecified atom stereocenters. The molecule has 0 fully saturated rings. The Balaban J connectivity index is 3.12. The van der Waals surface area contributed by atoms with Gasteiger partial charge in [-0.2, -0.15) is 0 Å². The van der Waals surface area contributed by atoms with Gasteiger partial charge in [0.15, 0.2) is 0 Å². The van der Waals surface area contributed by atoms with Crippen LogP contribution in [-0.2, 0) is 42.7 Å². The summed E-state index contributed by atoms with van der Waals surface area (Å²) in [7, 11) is 0. The molecule has 12 nitrogen and oxygen atoms in total. The summed E-state index contributed by atoms with van der Waals surface area (Å²) < 4.78 is 42.0. The maximum absolute atomic E-state index is 11.4. The van der Waals surface area contributed by atoms with Gasteiger partial charge >= 0.3 is 12.1 Å². The molecule has 0 aromatic heterocycles. The van der Waals surface area contributed by atoms with Gasteiger partial charge in [-0.05, 0) is 20.8 Å². The lowest BCUT2D eigenvalue weighted by atomic mass is 10.2. The Bertz CT molecular complexity index is 472. The van der Waals surface area contributed by atoms with Crippen molar-refractivity contribution in [1.29, 1.82) is 0 Å². The molecule has 0 saturated heterocycles. The first-order valence-corrected chi connectivity index (χ1v) is 11.0. The number of carboxylic acid groups (broad SMARTS) is 1. The smallest absolute Gasteiger partial charge is 0.407 e. The molecule has 0 atom stereocenters. The number of ether oxygens (including phenoxy) is 8. The summed E-state index contributed by atoms with van der Waals surface area (Å²) in [5.74, 6) is -0.998. The average Bonchev–Trinajstić information content (AvgIpc) is 2.72. The molecule has 0 heterocycles. The molecule has 2 N–H and O–H groups in total. The second-order valence-electron chi connectivity index (χ2n) is 7.55. The monoisotopic (exact) mass is 483 g/mol. The number of carboxylic acids is 1. The zero-order valence-corrected chi connectivity index (χ0v) is 20.1. The molecule has 33 heavy (non-hydrogen) atoms. The van der Waals surface area contributed by atoms with Crippen LogP contribution in [0.4, 0.5) is 4.79 Å². The van der Waals surface area contributed by atoms with E-state index in [4.69, 9.17) is 43.0 Å². The third-order valence-electron chi connectivity index (χ3n) is 3.37. The molecular weight excluding hydrogens is 442 g/mol. The first kappa shape index (κ1) is 31.5. The molecule has 12 heteroatoms. The third-order valence-corrected chi connectivity index (χ3v) is 3.37. The normalized spacial score (nSPS) is 11.5. The summed E-state index contributed by atoms with van der Waals surface area (Å²) >= 11 is 0. The Kier molecular flexibility index (Phi) is 21.2. The Morgan fingerprint density at radius 3 is 1.27 bits per heavy atom. The first-order valence-electron chi connectivity index (χ1n) is 11.0. The largest absolute Gasteiger partial charge is 0.480 e. The highest BCUT2D eigenvalue weighted by Gasteiger charge is 2.15. The van der Waals surface area contributed by atoms with Crippen molar-refractivity contribution in [2.24, 2.45) is 0 Å². The number of amides is 1. The topological polar surface area (TPSA) is 140 Å². The minimum absolute atomic E-state index is 0.239. The molecule has 0 aromatic rings. The predicted molar refractivity (Wildman–Crippen MR) is 118 cm³/mol. The quantitative estimate of drug-likeness (QED) is 0.199. The number of rotatable bonds is 23. The fourth-order valence-corrected chi connectivity index (χ4v) is 2.02. The lowest BCUT2D eigenvalue weighted by Crippen LogP contribution is -2.34. The van der Waals surface area contributed by atoms with E-state index in [9.17, 15) is 9.59 Å². The number of carbonyl (C=O) groups is 2. The Morgan fingerprint density at radius 1 is 0.606 bits per heavy atom. The zero-order valence-electron chi connectivity index (χ0n) is 20.1. The fourth-order valence-electron chi connectivity index (χ4n) is 2.02. The van der Waals surface area contributed by atoms with Gasteiger partial charge in [-0.15, -0.1) is 0 Å². The minimum atomic E-state index is -0.998. The molecule has 0 aliphatic heterocycles. The lowest BCUT2D eigenvalue weighted by molar-refractivity contribution is -0.142. The molecule has 0 aliphatic rings.